The highest BCUT2D eigenvalue weighted by Gasteiger charge is 2.55. The van der Waals surface area contributed by atoms with Crippen molar-refractivity contribution >= 4 is 69.0 Å². The molecule has 2 aliphatic heterocycles. The fourth-order valence-electron chi connectivity index (χ4n) is 8.76. The van der Waals surface area contributed by atoms with Gasteiger partial charge in [-0.25, -0.2) is 18.0 Å². The summed E-state index contributed by atoms with van der Waals surface area (Å²) in [5.74, 6) is -1.95. The van der Waals surface area contributed by atoms with E-state index in [4.69, 9.17) is 85.8 Å². The second-order valence-electron chi connectivity index (χ2n) is 19.3. The highest BCUT2D eigenvalue weighted by Crippen LogP contribution is 2.36. The molecule has 2 fully saturated rings. The van der Waals surface area contributed by atoms with E-state index < -0.39 is 113 Å². The van der Waals surface area contributed by atoms with Crippen molar-refractivity contribution < 1.29 is 83.7 Å². The summed E-state index contributed by atoms with van der Waals surface area (Å²) in [6.45, 7) is -1.48. The average molecular weight is 1240 g/mol. The fraction of sp³-hybridized carbons (Fsp3) is 0.414. The first kappa shape index (κ1) is 65.3. The summed E-state index contributed by atoms with van der Waals surface area (Å²) in [4.78, 5) is 58.0. The van der Waals surface area contributed by atoms with Gasteiger partial charge in [-0.15, -0.1) is 0 Å². The number of hydrogen-bond donors (Lipinski definition) is 1. The first-order valence-electron chi connectivity index (χ1n) is 26.6. The van der Waals surface area contributed by atoms with Gasteiger partial charge in [0.25, 0.3) is 0 Å². The van der Waals surface area contributed by atoms with Gasteiger partial charge in [-0.05, 0) is 53.3 Å². The molecule has 2 heterocycles. The predicted octanol–water partition coefficient (Wildman–Crippen LogP) is 9.06. The van der Waals surface area contributed by atoms with Crippen LogP contribution in [0.3, 0.4) is 0 Å². The van der Waals surface area contributed by atoms with E-state index in [0.717, 1.165) is 11.1 Å². The van der Waals surface area contributed by atoms with Crippen molar-refractivity contribution in [3.05, 3.63) is 190 Å². The number of halogens is 3. The molecule has 2 aliphatic rings. The largest absolute Gasteiger partial charge is 0.463 e. The van der Waals surface area contributed by atoms with Crippen LogP contribution in [0.2, 0.25) is 0 Å². The molecule has 0 bridgehead atoms. The van der Waals surface area contributed by atoms with E-state index in [0.29, 0.717) is 11.1 Å². The molecule has 10 atom stereocenters. The van der Waals surface area contributed by atoms with E-state index in [1.165, 1.54) is 24.0 Å². The molecule has 5 aromatic carbocycles. The second kappa shape index (κ2) is 32.9. The summed E-state index contributed by atoms with van der Waals surface area (Å²) >= 11 is 17.2. The maximum Gasteiger partial charge on any atom is 0.410 e. The minimum Gasteiger partial charge on any atom is -0.463 e. The molecule has 0 saturated carbocycles. The summed E-state index contributed by atoms with van der Waals surface area (Å²) < 4.78 is 90.7. The molecule has 7 rings (SSSR count). The van der Waals surface area contributed by atoms with Crippen LogP contribution in [0.4, 0.5) is 4.79 Å². The maximum absolute atomic E-state index is 14.3. The SMILES string of the molecule is CC(=O)CCC(=O)OC[C@H]1O[C@@H](OCCCN(Cc2ccccc2)C(=O)OCc2ccccc2)[C@H](OC(=O)c2ccccc2)[C@@H](OCc2ccccc2)[C@@H]1O[C@H]1O[C@H](COS(=O)(=O)OCC(Cl)(Cl)Cl)[C@@H](O)[C@H](OCc2ccccc2)[C@H]1N=[N+]=[N-]. The average Bonchev–Trinajstić information content (AvgIpc) is 3.48. The molecule has 0 aliphatic carbocycles. The maximum atomic E-state index is 14.3. The van der Waals surface area contributed by atoms with Gasteiger partial charge in [-0.2, -0.15) is 8.42 Å². The number of hydrogen-bond acceptors (Lipinski definition) is 19. The predicted molar refractivity (Wildman–Crippen MR) is 303 cm³/mol. The van der Waals surface area contributed by atoms with E-state index in [9.17, 15) is 38.2 Å². The minimum atomic E-state index is -4.96. The van der Waals surface area contributed by atoms with Crippen molar-refractivity contribution in [1.29, 1.82) is 0 Å². The Balaban J connectivity index is 1.25. The van der Waals surface area contributed by atoms with Gasteiger partial charge >= 0.3 is 28.4 Å². The summed E-state index contributed by atoms with van der Waals surface area (Å²) in [6, 6.07) is 42.4. The number of amides is 1. The van der Waals surface area contributed by atoms with Crippen LogP contribution in [0.25, 0.3) is 10.4 Å². The van der Waals surface area contributed by atoms with Gasteiger partial charge in [0, 0.05) is 24.4 Å². The Kier molecular flexibility index (Phi) is 25.6. The highest BCUT2D eigenvalue weighted by molar-refractivity contribution is 7.81. The molecule has 26 heteroatoms. The number of ketones is 1. The molecule has 0 aromatic heterocycles. The normalized spacial score (nSPS) is 22.4. The number of nitrogens with zero attached hydrogens (tertiary/aromatic N) is 4. The molecular weight excluding hydrogens is 1180 g/mol. The quantitative estimate of drug-likeness (QED) is 0.00853. The van der Waals surface area contributed by atoms with Crippen LogP contribution < -0.4 is 0 Å². The molecule has 0 spiro atoms. The van der Waals surface area contributed by atoms with Crippen LogP contribution in [-0.4, -0.2) is 140 Å². The number of esters is 2. The number of alkyl halides is 3. The molecule has 2 saturated heterocycles. The van der Waals surface area contributed by atoms with Gasteiger partial charge in [0.1, 0.15) is 62.2 Å². The second-order valence-corrected chi connectivity index (χ2v) is 23.1. The number of carbonyl (C=O) groups is 4. The molecule has 22 nitrogen and oxygen atoms in total. The topological polar surface area (TPSA) is 276 Å². The van der Waals surface area contributed by atoms with Crippen molar-refractivity contribution in [3.8, 4) is 0 Å². The van der Waals surface area contributed by atoms with E-state index in [-0.39, 0.29) is 70.1 Å². The van der Waals surface area contributed by atoms with Crippen LogP contribution in [0.5, 0.6) is 0 Å². The monoisotopic (exact) mass is 1240 g/mol. The third-order valence-electron chi connectivity index (χ3n) is 12.9. The lowest BCUT2D eigenvalue weighted by Gasteiger charge is -2.48. The van der Waals surface area contributed by atoms with Crippen molar-refractivity contribution in [2.45, 2.75) is 118 Å². The Morgan fingerprint density at radius 2 is 1.20 bits per heavy atom. The summed E-state index contributed by atoms with van der Waals surface area (Å²) in [5, 5.41) is 15.9. The van der Waals surface area contributed by atoms with Gasteiger partial charge in [0.2, 0.25) is 3.79 Å². The van der Waals surface area contributed by atoms with Gasteiger partial charge in [-0.1, -0.05) is 179 Å². The van der Waals surface area contributed by atoms with Crippen LogP contribution >= 0.6 is 34.8 Å². The Morgan fingerprint density at radius 3 is 1.77 bits per heavy atom. The lowest BCUT2D eigenvalue weighted by molar-refractivity contribution is -0.351. The fourth-order valence-corrected chi connectivity index (χ4v) is 9.81. The molecule has 1 N–H and O–H groups in total. The number of benzene rings is 5. The van der Waals surface area contributed by atoms with Gasteiger partial charge in [0.05, 0.1) is 44.5 Å². The molecule has 84 heavy (non-hydrogen) atoms. The standard InChI is InChI=1S/C58H63Cl3N4O18S/c1-39(66)28-29-47(67)74-36-46-50(83-55-48(63-64-62)51(75-33-41-20-9-3-10-21-41)49(68)45(80-55)37-78-84(71,72)79-38-58(59,60)61)52(76-34-42-22-11-4-12-23-42)53(82-54(69)44-26-15-6-16-27-44)56(81-46)73-31-17-30-65(32-40-18-7-2-8-19-40)57(70)77-35-43-24-13-5-14-25-43/h2-16,18-27,45-46,48-53,55-56,68H,17,28-38H2,1H3/t45-,46-,48-,49-,50-,51-,52+,53-,55-,56-/m1/s1. The third kappa shape index (κ3) is 21.1. The lowest BCUT2D eigenvalue weighted by atomic mass is 9.95. The van der Waals surface area contributed by atoms with Gasteiger partial charge < -0.3 is 57.4 Å². The van der Waals surface area contributed by atoms with Gasteiger partial charge in [0.15, 0.2) is 18.7 Å². The van der Waals surface area contributed by atoms with Crippen LogP contribution in [0, 0.1) is 0 Å². The Labute approximate surface area is 500 Å². The van der Waals surface area contributed by atoms with E-state index in [1.807, 2.05) is 60.7 Å². The Hall–Kier alpha value is -6.25. The number of azide groups is 1. The highest BCUT2D eigenvalue weighted by atomic mass is 35.6. The first-order valence-corrected chi connectivity index (χ1v) is 29.0. The summed E-state index contributed by atoms with van der Waals surface area (Å²) in [6.07, 6.45) is -15.5. The zero-order chi connectivity index (χ0) is 59.9. The molecule has 450 valence electrons. The molecule has 0 radical (unpaired) electrons. The number of carbonyl (C=O) groups excluding carboxylic acids is 4. The van der Waals surface area contributed by atoms with Crippen LogP contribution in [-0.2, 0) is 97.4 Å². The third-order valence-corrected chi connectivity index (χ3v) is 14.1. The van der Waals surface area contributed by atoms with E-state index in [1.54, 1.807) is 78.9 Å². The van der Waals surface area contributed by atoms with Crippen molar-refractivity contribution in [2.24, 2.45) is 5.11 Å². The molecular formula is C58H63Cl3N4O18S. The summed E-state index contributed by atoms with van der Waals surface area (Å²) in [5.41, 5.74) is 13.1. The van der Waals surface area contributed by atoms with E-state index in [2.05, 4.69) is 10.0 Å². The number of ether oxygens (including phenoxy) is 9. The first-order chi connectivity index (χ1) is 40.4. The minimum absolute atomic E-state index is 0.0164. The number of rotatable bonds is 30. The molecule has 1 amide bonds. The Morgan fingerprint density at radius 1 is 0.655 bits per heavy atom. The zero-order valence-electron chi connectivity index (χ0n) is 45.4. The molecule has 0 unspecified atom stereocenters. The van der Waals surface area contributed by atoms with Crippen LogP contribution in [0.1, 0.15) is 58.8 Å². The van der Waals surface area contributed by atoms with Crippen molar-refractivity contribution in [2.75, 3.05) is 33.0 Å². The number of aliphatic hydroxyl groups is 1. The smallest absolute Gasteiger partial charge is 0.410 e. The zero-order valence-corrected chi connectivity index (χ0v) is 48.5. The van der Waals surface area contributed by atoms with Crippen molar-refractivity contribution in [3.63, 3.8) is 0 Å². The number of aliphatic hydroxyl groups excluding tert-OH is 1. The van der Waals surface area contributed by atoms with Gasteiger partial charge in [-0.3, -0.25) is 4.79 Å². The van der Waals surface area contributed by atoms with E-state index >= 15 is 0 Å². The molecule has 5 aromatic rings. The lowest BCUT2D eigenvalue weighted by Crippen LogP contribution is -2.66. The Bertz CT molecular complexity index is 3010. The van der Waals surface area contributed by atoms with Crippen molar-refractivity contribution in [1.82, 2.24) is 4.90 Å². The number of Topliss-reactive ketones (excluding diaryl/α,β-unsaturated/α-hetero) is 1. The summed E-state index contributed by atoms with van der Waals surface area (Å²) in [7, 11) is -4.96. The van der Waals surface area contributed by atoms with Crippen LogP contribution in [0.15, 0.2) is 157 Å².